The fourth-order valence-corrected chi connectivity index (χ4v) is 2.46. The Morgan fingerprint density at radius 3 is 2.54 bits per heavy atom. The Labute approximate surface area is 150 Å². The van der Waals surface area contributed by atoms with Crippen LogP contribution in [0.15, 0.2) is 42.0 Å². The van der Waals surface area contributed by atoms with E-state index in [9.17, 15) is 0 Å². The molecule has 120 valence electrons. The van der Waals surface area contributed by atoms with Crippen LogP contribution in [-0.4, -0.2) is 7.11 Å². The number of methoxy groups -OCH3 is 1. The Morgan fingerprint density at radius 1 is 1.17 bits per heavy atom. The van der Waals surface area contributed by atoms with E-state index >= 15 is 0 Å². The van der Waals surface area contributed by atoms with Crippen molar-refractivity contribution in [1.82, 2.24) is 0 Å². The molecule has 0 spiro atoms. The summed E-state index contributed by atoms with van der Waals surface area (Å²) in [7, 11) is 1.51. The molecule has 24 heavy (non-hydrogen) atoms. The van der Waals surface area contributed by atoms with Gasteiger partial charge in [0.1, 0.15) is 24.3 Å². The van der Waals surface area contributed by atoms with Crippen molar-refractivity contribution in [3.63, 3.8) is 0 Å². The average Bonchev–Trinajstić information content (AvgIpc) is 2.59. The lowest BCUT2D eigenvalue weighted by Gasteiger charge is -2.14. The molecule has 0 atom stereocenters. The molecule has 0 aromatic heterocycles. The van der Waals surface area contributed by atoms with Gasteiger partial charge in [-0.1, -0.05) is 41.4 Å². The second-order valence-corrected chi connectivity index (χ2v) is 5.53. The Morgan fingerprint density at radius 2 is 1.92 bits per heavy atom. The van der Waals surface area contributed by atoms with E-state index in [1.54, 1.807) is 36.4 Å². The lowest BCUT2D eigenvalue weighted by Crippen LogP contribution is -2.00. The van der Waals surface area contributed by atoms with Gasteiger partial charge in [0, 0.05) is 21.2 Å². The second kappa shape index (κ2) is 8.26. The van der Waals surface area contributed by atoms with Crippen LogP contribution >= 0.6 is 23.2 Å². The molecule has 0 aliphatic carbocycles. The van der Waals surface area contributed by atoms with Gasteiger partial charge >= 0.3 is 0 Å². The standard InChI is InChI=1S/C18H12Cl2N2O2/c1-23-17-4-2-3-13(7-12(9-21)10-22)18(17)24-11-14-5-6-15(19)8-16(14)20/h2-8H,11H2,1H3. The molecule has 2 rings (SSSR count). The van der Waals surface area contributed by atoms with Crippen molar-refractivity contribution in [2.75, 3.05) is 7.11 Å². The summed E-state index contributed by atoms with van der Waals surface area (Å²) in [6.45, 7) is 0.186. The van der Waals surface area contributed by atoms with Crippen LogP contribution in [0.5, 0.6) is 11.5 Å². The molecule has 0 fully saturated rings. The minimum Gasteiger partial charge on any atom is -0.493 e. The summed E-state index contributed by atoms with van der Waals surface area (Å²) in [5, 5.41) is 18.9. The zero-order chi connectivity index (χ0) is 17.5. The highest BCUT2D eigenvalue weighted by Crippen LogP contribution is 2.34. The molecule has 6 heteroatoms. The van der Waals surface area contributed by atoms with Crippen molar-refractivity contribution in [1.29, 1.82) is 10.5 Å². The number of halogens is 2. The summed E-state index contributed by atoms with van der Waals surface area (Å²) >= 11 is 12.0. The number of ether oxygens (including phenoxy) is 2. The van der Waals surface area contributed by atoms with E-state index in [4.69, 9.17) is 43.2 Å². The summed E-state index contributed by atoms with van der Waals surface area (Å²) in [5.74, 6) is 0.915. The van der Waals surface area contributed by atoms with Crippen LogP contribution in [0.2, 0.25) is 10.0 Å². The van der Waals surface area contributed by atoms with E-state index in [-0.39, 0.29) is 12.2 Å². The van der Waals surface area contributed by atoms with Crippen LogP contribution in [0.4, 0.5) is 0 Å². The van der Waals surface area contributed by atoms with Gasteiger partial charge in [-0.05, 0) is 24.3 Å². The maximum absolute atomic E-state index is 8.93. The molecular weight excluding hydrogens is 347 g/mol. The number of benzene rings is 2. The maximum atomic E-state index is 8.93. The zero-order valence-corrected chi connectivity index (χ0v) is 14.2. The molecule has 0 N–H and O–H groups in total. The number of para-hydroxylation sites is 1. The normalized spacial score (nSPS) is 9.54. The fraction of sp³-hybridized carbons (Fsp3) is 0.111. The molecule has 0 unspecified atom stereocenters. The van der Waals surface area contributed by atoms with Crippen molar-refractivity contribution in [2.45, 2.75) is 6.61 Å². The molecule has 2 aromatic carbocycles. The molecule has 0 bridgehead atoms. The fourth-order valence-electron chi connectivity index (χ4n) is 2.00. The molecule has 0 heterocycles. The molecule has 0 aliphatic heterocycles. The predicted octanol–water partition coefficient (Wildman–Crippen LogP) is 5.01. The first kappa shape index (κ1) is 17.7. The SMILES string of the molecule is COc1cccc(C=C(C#N)C#N)c1OCc1ccc(Cl)cc1Cl. The monoisotopic (exact) mass is 358 g/mol. The van der Waals surface area contributed by atoms with E-state index in [2.05, 4.69) is 0 Å². The maximum Gasteiger partial charge on any atom is 0.168 e. The lowest BCUT2D eigenvalue weighted by molar-refractivity contribution is 0.284. The summed E-state index contributed by atoms with van der Waals surface area (Å²) in [6.07, 6.45) is 1.45. The molecule has 4 nitrogen and oxygen atoms in total. The van der Waals surface area contributed by atoms with Gasteiger partial charge in [-0.15, -0.1) is 0 Å². The number of allylic oxidation sites excluding steroid dienone is 1. The van der Waals surface area contributed by atoms with Crippen molar-refractivity contribution in [3.05, 3.63) is 63.1 Å². The summed E-state index contributed by atoms with van der Waals surface area (Å²) in [5.41, 5.74) is 1.29. The molecule has 2 aromatic rings. The van der Waals surface area contributed by atoms with Crippen molar-refractivity contribution in [2.24, 2.45) is 0 Å². The largest absolute Gasteiger partial charge is 0.493 e. The molecule has 0 saturated carbocycles. The van der Waals surface area contributed by atoms with Gasteiger partial charge in [-0.25, -0.2) is 0 Å². The molecular formula is C18H12Cl2N2O2. The van der Waals surface area contributed by atoms with Gasteiger partial charge in [-0.3, -0.25) is 0 Å². The Balaban J connectivity index is 2.36. The third kappa shape index (κ3) is 4.20. The first-order chi connectivity index (χ1) is 11.6. The van der Waals surface area contributed by atoms with Gasteiger partial charge in [0.2, 0.25) is 0 Å². The molecule has 0 amide bonds. The first-order valence-electron chi connectivity index (χ1n) is 6.84. The van der Waals surface area contributed by atoms with Crippen LogP contribution < -0.4 is 9.47 Å². The van der Waals surface area contributed by atoms with E-state index < -0.39 is 0 Å². The quantitative estimate of drug-likeness (QED) is 0.704. The van der Waals surface area contributed by atoms with Gasteiger partial charge in [0.15, 0.2) is 11.5 Å². The summed E-state index contributed by atoms with van der Waals surface area (Å²) < 4.78 is 11.1. The topological polar surface area (TPSA) is 66.0 Å². The summed E-state index contributed by atoms with van der Waals surface area (Å²) in [6, 6.07) is 14.0. The number of nitrogens with zero attached hydrogens (tertiary/aromatic N) is 2. The third-order valence-electron chi connectivity index (χ3n) is 3.16. The van der Waals surface area contributed by atoms with E-state index in [1.807, 2.05) is 12.1 Å². The molecule has 0 aliphatic rings. The zero-order valence-electron chi connectivity index (χ0n) is 12.7. The number of rotatable bonds is 5. The highest BCUT2D eigenvalue weighted by Gasteiger charge is 2.11. The Kier molecular flexibility index (Phi) is 6.09. The van der Waals surface area contributed by atoms with Crippen LogP contribution in [0.3, 0.4) is 0 Å². The second-order valence-electron chi connectivity index (χ2n) is 4.68. The third-order valence-corrected chi connectivity index (χ3v) is 3.74. The van der Waals surface area contributed by atoms with Gasteiger partial charge in [0.25, 0.3) is 0 Å². The first-order valence-corrected chi connectivity index (χ1v) is 7.60. The summed E-state index contributed by atoms with van der Waals surface area (Å²) in [4.78, 5) is 0. The average molecular weight is 359 g/mol. The lowest BCUT2D eigenvalue weighted by atomic mass is 10.1. The highest BCUT2D eigenvalue weighted by atomic mass is 35.5. The van der Waals surface area contributed by atoms with Gasteiger partial charge in [0.05, 0.1) is 7.11 Å². The van der Waals surface area contributed by atoms with Crippen LogP contribution in [-0.2, 0) is 6.61 Å². The van der Waals surface area contributed by atoms with E-state index in [0.29, 0.717) is 27.1 Å². The number of hydrogen-bond acceptors (Lipinski definition) is 4. The smallest absolute Gasteiger partial charge is 0.168 e. The molecule has 0 saturated heterocycles. The van der Waals surface area contributed by atoms with Gasteiger partial charge < -0.3 is 9.47 Å². The Hall–Kier alpha value is -2.66. The van der Waals surface area contributed by atoms with E-state index in [1.165, 1.54) is 13.2 Å². The van der Waals surface area contributed by atoms with Crippen molar-refractivity contribution >= 4 is 29.3 Å². The Bertz CT molecular complexity index is 848. The van der Waals surface area contributed by atoms with Crippen molar-refractivity contribution < 1.29 is 9.47 Å². The predicted molar refractivity (Wildman–Crippen MR) is 93.0 cm³/mol. The van der Waals surface area contributed by atoms with Crippen molar-refractivity contribution in [3.8, 4) is 23.6 Å². The minimum atomic E-state index is -0.0300. The van der Waals surface area contributed by atoms with Crippen LogP contribution in [0.25, 0.3) is 6.08 Å². The van der Waals surface area contributed by atoms with E-state index in [0.717, 1.165) is 5.56 Å². The van der Waals surface area contributed by atoms with Crippen LogP contribution in [0, 0.1) is 22.7 Å². The number of hydrogen-bond donors (Lipinski definition) is 0. The molecule has 0 radical (unpaired) electrons. The van der Waals surface area contributed by atoms with Crippen LogP contribution in [0.1, 0.15) is 11.1 Å². The number of nitriles is 2. The highest BCUT2D eigenvalue weighted by molar-refractivity contribution is 6.35. The van der Waals surface area contributed by atoms with Gasteiger partial charge in [-0.2, -0.15) is 10.5 Å². The minimum absolute atomic E-state index is 0.0300.